The smallest absolute Gasteiger partial charge is 0.248 e. The van der Waals surface area contributed by atoms with E-state index in [9.17, 15) is 4.79 Å². The number of hydrogen-bond donors (Lipinski definition) is 1. The summed E-state index contributed by atoms with van der Waals surface area (Å²) in [5.74, 6) is -0.447. The average molecular weight is 373 g/mol. The third kappa shape index (κ3) is 2.22. The lowest BCUT2D eigenvalue weighted by Crippen LogP contribution is -2.11. The van der Waals surface area contributed by atoms with Gasteiger partial charge in [-0.1, -0.05) is 0 Å². The Morgan fingerprint density at radius 3 is 2.44 bits per heavy atom. The summed E-state index contributed by atoms with van der Waals surface area (Å²) in [6.45, 7) is 3.90. The first-order valence-corrected chi connectivity index (χ1v) is 6.82. The van der Waals surface area contributed by atoms with Crippen LogP contribution in [0.15, 0.2) is 27.1 Å². The lowest BCUT2D eigenvalue weighted by atomic mass is 10.2. The second kappa shape index (κ2) is 4.85. The number of nitrogens with zero attached hydrogens (tertiary/aromatic N) is 2. The Morgan fingerprint density at radius 1 is 1.33 bits per heavy atom. The van der Waals surface area contributed by atoms with Gasteiger partial charge in [-0.3, -0.25) is 4.79 Å². The Bertz CT molecular complexity index is 634. The van der Waals surface area contributed by atoms with Crippen molar-refractivity contribution in [3.05, 3.63) is 44.1 Å². The number of nitrogens with two attached hydrogens (primary N) is 1. The molecule has 0 bridgehead atoms. The van der Waals surface area contributed by atoms with Crippen LogP contribution in [0.2, 0.25) is 0 Å². The van der Waals surface area contributed by atoms with Crippen molar-refractivity contribution < 1.29 is 4.79 Å². The molecule has 0 aliphatic carbocycles. The Hall–Kier alpha value is -1.14. The van der Waals surface area contributed by atoms with Crippen LogP contribution in [-0.2, 0) is 0 Å². The number of hydrogen-bond acceptors (Lipinski definition) is 2. The van der Waals surface area contributed by atoms with Crippen LogP contribution in [-0.4, -0.2) is 15.7 Å². The van der Waals surface area contributed by atoms with E-state index in [1.54, 1.807) is 12.1 Å². The fraction of sp³-hybridized carbons (Fsp3) is 0.167. The zero-order valence-corrected chi connectivity index (χ0v) is 13.0. The molecule has 1 aromatic carbocycles. The molecular formula is C12H11Br2N3O. The summed E-state index contributed by atoms with van der Waals surface area (Å²) >= 11 is 6.92. The molecule has 0 radical (unpaired) electrons. The highest BCUT2D eigenvalue weighted by Gasteiger charge is 2.13. The number of carbonyl (C=O) groups excluding carboxylic acids is 1. The molecule has 0 saturated carbocycles. The minimum atomic E-state index is -0.447. The van der Waals surface area contributed by atoms with Crippen LogP contribution >= 0.6 is 31.9 Å². The highest BCUT2D eigenvalue weighted by Crippen LogP contribution is 2.27. The molecule has 0 fully saturated rings. The third-order valence-electron chi connectivity index (χ3n) is 2.66. The standard InChI is InChI=1S/C12H11Br2N3O/c1-6-11(14)7(2)17(16-6)10-4-3-8(12(15)18)5-9(10)13/h3-5H,1-2H3,(H2,15,18). The Morgan fingerprint density at radius 2 is 2.00 bits per heavy atom. The summed E-state index contributed by atoms with van der Waals surface area (Å²) in [6.07, 6.45) is 0. The van der Waals surface area contributed by atoms with Gasteiger partial charge in [0.1, 0.15) is 0 Å². The van der Waals surface area contributed by atoms with E-state index in [2.05, 4.69) is 37.0 Å². The molecule has 2 rings (SSSR count). The summed E-state index contributed by atoms with van der Waals surface area (Å²) in [6, 6.07) is 5.20. The van der Waals surface area contributed by atoms with Gasteiger partial charge >= 0.3 is 0 Å². The van der Waals surface area contributed by atoms with Gasteiger partial charge in [0, 0.05) is 10.0 Å². The molecule has 1 amide bonds. The first kappa shape index (κ1) is 13.3. The number of primary amides is 1. The number of halogens is 2. The molecule has 0 unspecified atom stereocenters. The van der Waals surface area contributed by atoms with Crippen LogP contribution in [0.3, 0.4) is 0 Å². The normalized spacial score (nSPS) is 10.7. The molecule has 94 valence electrons. The maximum atomic E-state index is 11.1. The lowest BCUT2D eigenvalue weighted by Gasteiger charge is -2.08. The molecule has 0 saturated heterocycles. The summed E-state index contributed by atoms with van der Waals surface area (Å²) in [7, 11) is 0. The van der Waals surface area contributed by atoms with Gasteiger partial charge in [-0.2, -0.15) is 5.10 Å². The van der Waals surface area contributed by atoms with Gasteiger partial charge in [-0.15, -0.1) is 0 Å². The number of rotatable bonds is 2. The molecule has 0 atom stereocenters. The van der Waals surface area contributed by atoms with Gasteiger partial charge in [-0.05, 0) is 63.9 Å². The zero-order valence-electron chi connectivity index (χ0n) is 9.87. The van der Waals surface area contributed by atoms with Crippen LogP contribution in [0.1, 0.15) is 21.7 Å². The highest BCUT2D eigenvalue weighted by atomic mass is 79.9. The van der Waals surface area contributed by atoms with Crippen molar-refractivity contribution >= 4 is 37.8 Å². The minimum Gasteiger partial charge on any atom is -0.366 e. The molecule has 0 spiro atoms. The van der Waals surface area contributed by atoms with Crippen LogP contribution in [0.5, 0.6) is 0 Å². The number of aromatic nitrogens is 2. The minimum absolute atomic E-state index is 0.447. The van der Waals surface area contributed by atoms with E-state index in [-0.39, 0.29) is 0 Å². The van der Waals surface area contributed by atoms with E-state index >= 15 is 0 Å². The summed E-state index contributed by atoms with van der Waals surface area (Å²) < 4.78 is 3.57. The van der Waals surface area contributed by atoms with Crippen molar-refractivity contribution in [1.29, 1.82) is 0 Å². The maximum absolute atomic E-state index is 11.1. The van der Waals surface area contributed by atoms with Crippen molar-refractivity contribution in [1.82, 2.24) is 9.78 Å². The summed E-state index contributed by atoms with van der Waals surface area (Å²) in [4.78, 5) is 11.1. The van der Waals surface area contributed by atoms with Gasteiger partial charge in [0.25, 0.3) is 0 Å². The third-order valence-corrected chi connectivity index (χ3v) is 4.45. The molecule has 2 N–H and O–H groups in total. The SMILES string of the molecule is Cc1nn(-c2ccc(C(N)=O)cc2Br)c(C)c1Br. The largest absolute Gasteiger partial charge is 0.366 e. The van der Waals surface area contributed by atoms with Crippen molar-refractivity contribution in [2.45, 2.75) is 13.8 Å². The predicted octanol–water partition coefficient (Wildman–Crippen LogP) is 3.11. The first-order chi connectivity index (χ1) is 8.41. The van der Waals surface area contributed by atoms with Crippen LogP contribution < -0.4 is 5.73 Å². The number of benzene rings is 1. The van der Waals surface area contributed by atoms with Crippen LogP contribution in [0.25, 0.3) is 5.69 Å². The van der Waals surface area contributed by atoms with Crippen molar-refractivity contribution in [3.63, 3.8) is 0 Å². The molecule has 1 aromatic heterocycles. The average Bonchev–Trinajstić information content (AvgIpc) is 2.57. The number of amides is 1. The summed E-state index contributed by atoms with van der Waals surface area (Å²) in [5.41, 5.74) is 8.49. The Balaban J connectivity index is 2.58. The van der Waals surface area contributed by atoms with E-state index in [0.29, 0.717) is 5.56 Å². The molecule has 2 aromatic rings. The van der Waals surface area contributed by atoms with Gasteiger partial charge in [0.15, 0.2) is 0 Å². The molecular weight excluding hydrogens is 362 g/mol. The van der Waals surface area contributed by atoms with E-state index in [1.807, 2.05) is 24.6 Å². The van der Waals surface area contributed by atoms with Crippen molar-refractivity contribution in [3.8, 4) is 5.69 Å². The van der Waals surface area contributed by atoms with E-state index in [1.165, 1.54) is 0 Å². The molecule has 0 aliphatic rings. The van der Waals surface area contributed by atoms with E-state index in [4.69, 9.17) is 5.73 Å². The topological polar surface area (TPSA) is 60.9 Å². The molecule has 18 heavy (non-hydrogen) atoms. The molecule has 4 nitrogen and oxygen atoms in total. The Labute approximate surface area is 121 Å². The monoisotopic (exact) mass is 371 g/mol. The van der Waals surface area contributed by atoms with Crippen molar-refractivity contribution in [2.75, 3.05) is 0 Å². The quantitative estimate of drug-likeness (QED) is 0.880. The first-order valence-electron chi connectivity index (χ1n) is 5.23. The number of aryl methyl sites for hydroxylation is 1. The molecule has 1 heterocycles. The second-order valence-electron chi connectivity index (χ2n) is 3.93. The fourth-order valence-corrected chi connectivity index (χ4v) is 2.48. The van der Waals surface area contributed by atoms with Crippen molar-refractivity contribution in [2.24, 2.45) is 5.73 Å². The fourth-order valence-electron chi connectivity index (χ4n) is 1.69. The van der Waals surface area contributed by atoms with Gasteiger partial charge < -0.3 is 5.73 Å². The zero-order chi connectivity index (χ0) is 13.4. The van der Waals surface area contributed by atoms with Gasteiger partial charge in [0.05, 0.1) is 21.5 Å². The summed E-state index contributed by atoms with van der Waals surface area (Å²) in [5, 5.41) is 4.44. The lowest BCUT2D eigenvalue weighted by molar-refractivity contribution is 0.100. The van der Waals surface area contributed by atoms with Gasteiger partial charge in [-0.25, -0.2) is 4.68 Å². The number of carbonyl (C=O) groups is 1. The van der Waals surface area contributed by atoms with Crippen LogP contribution in [0.4, 0.5) is 0 Å². The highest BCUT2D eigenvalue weighted by molar-refractivity contribution is 9.11. The molecule has 6 heteroatoms. The van der Waals surface area contributed by atoms with Gasteiger partial charge in [0.2, 0.25) is 5.91 Å². The second-order valence-corrected chi connectivity index (χ2v) is 5.57. The van der Waals surface area contributed by atoms with Crippen LogP contribution in [0, 0.1) is 13.8 Å². The maximum Gasteiger partial charge on any atom is 0.248 e. The predicted molar refractivity (Wildman–Crippen MR) is 77.0 cm³/mol. The van der Waals surface area contributed by atoms with E-state index < -0.39 is 5.91 Å². The molecule has 0 aliphatic heterocycles. The Kier molecular flexibility index (Phi) is 3.59. The van der Waals surface area contributed by atoms with E-state index in [0.717, 1.165) is 26.0 Å².